The summed E-state index contributed by atoms with van der Waals surface area (Å²) in [6.07, 6.45) is 0.199. The first-order valence-electron chi connectivity index (χ1n) is 14.6. The van der Waals surface area contributed by atoms with E-state index in [-0.39, 0.29) is 29.5 Å². The molecular formula is C35H37Cl2N3O5S. The second-order valence-corrected chi connectivity index (χ2v) is 14.5. The van der Waals surface area contributed by atoms with Crippen molar-refractivity contribution in [3.05, 3.63) is 124 Å². The number of nitrogens with one attached hydrogen (secondary N) is 1. The second-order valence-electron chi connectivity index (χ2n) is 11.8. The third kappa shape index (κ3) is 9.25. The van der Waals surface area contributed by atoms with Gasteiger partial charge in [-0.15, -0.1) is 0 Å². The molecule has 4 aromatic carbocycles. The molecule has 1 unspecified atom stereocenters. The van der Waals surface area contributed by atoms with Gasteiger partial charge in [-0.1, -0.05) is 71.7 Å². The van der Waals surface area contributed by atoms with Crippen molar-refractivity contribution in [2.24, 2.45) is 0 Å². The number of sulfonamides is 1. The van der Waals surface area contributed by atoms with Crippen LogP contribution in [0.4, 0.5) is 5.69 Å². The molecule has 0 aliphatic rings. The Morgan fingerprint density at radius 3 is 2.07 bits per heavy atom. The van der Waals surface area contributed by atoms with E-state index in [1.54, 1.807) is 42.5 Å². The third-order valence-corrected chi connectivity index (χ3v) is 9.33. The molecule has 0 spiro atoms. The third-order valence-electron chi connectivity index (χ3n) is 7.06. The highest BCUT2D eigenvalue weighted by Crippen LogP contribution is 2.28. The summed E-state index contributed by atoms with van der Waals surface area (Å²) in [5.41, 5.74) is 1.16. The Morgan fingerprint density at radius 2 is 1.48 bits per heavy atom. The number of rotatable bonds is 12. The fraction of sp³-hybridized carbons (Fsp3) is 0.257. The van der Waals surface area contributed by atoms with Gasteiger partial charge in [-0.2, -0.15) is 0 Å². The first kappa shape index (κ1) is 34.8. The zero-order valence-corrected chi connectivity index (χ0v) is 28.4. The molecule has 0 radical (unpaired) electrons. The lowest BCUT2D eigenvalue weighted by molar-refractivity contribution is -0.140. The van der Waals surface area contributed by atoms with Gasteiger partial charge in [-0.05, 0) is 86.5 Å². The Morgan fingerprint density at radius 1 is 0.826 bits per heavy atom. The standard InChI is InChI=1S/C35H37Cl2N3O5S/c1-35(2,3)38-34(42)32(21-25-9-6-5-7-10-25)39(23-26-13-15-27(36)16-14-26)33(41)24-40(29-12-8-11-28(37)22-29)46(43,44)31-19-17-30(45-4)18-20-31/h5-20,22,32H,21,23-24H2,1-4H3,(H,38,42). The number of nitrogens with zero attached hydrogens (tertiary/aromatic N) is 2. The van der Waals surface area contributed by atoms with Crippen molar-refractivity contribution in [2.75, 3.05) is 18.0 Å². The number of benzene rings is 4. The van der Waals surface area contributed by atoms with Crippen LogP contribution in [0, 0.1) is 0 Å². The molecule has 0 fully saturated rings. The molecule has 0 aliphatic heterocycles. The predicted octanol–water partition coefficient (Wildman–Crippen LogP) is 6.75. The number of ether oxygens (including phenoxy) is 1. The highest BCUT2D eigenvalue weighted by Gasteiger charge is 2.35. The Balaban J connectivity index is 1.81. The molecule has 0 bridgehead atoms. The van der Waals surface area contributed by atoms with Crippen LogP contribution >= 0.6 is 23.2 Å². The van der Waals surface area contributed by atoms with Gasteiger partial charge in [-0.25, -0.2) is 8.42 Å². The number of carbonyl (C=O) groups is 2. The van der Waals surface area contributed by atoms with Crippen molar-refractivity contribution in [3.8, 4) is 5.75 Å². The van der Waals surface area contributed by atoms with Gasteiger partial charge in [0.15, 0.2) is 0 Å². The molecule has 2 amide bonds. The maximum absolute atomic E-state index is 14.5. The van der Waals surface area contributed by atoms with Crippen LogP contribution in [0.25, 0.3) is 0 Å². The number of hydrogen-bond donors (Lipinski definition) is 1. The molecule has 0 aliphatic carbocycles. The van der Waals surface area contributed by atoms with Crippen molar-refractivity contribution in [3.63, 3.8) is 0 Å². The molecule has 46 heavy (non-hydrogen) atoms. The van der Waals surface area contributed by atoms with Crippen LogP contribution in [0.3, 0.4) is 0 Å². The maximum atomic E-state index is 14.5. The lowest BCUT2D eigenvalue weighted by Gasteiger charge is -2.35. The Hall–Kier alpha value is -4.05. The van der Waals surface area contributed by atoms with Gasteiger partial charge in [0.2, 0.25) is 11.8 Å². The molecule has 0 saturated carbocycles. The Labute approximate surface area is 280 Å². The van der Waals surface area contributed by atoms with Crippen LogP contribution < -0.4 is 14.4 Å². The van der Waals surface area contributed by atoms with E-state index in [9.17, 15) is 18.0 Å². The molecule has 242 valence electrons. The van der Waals surface area contributed by atoms with E-state index in [0.717, 1.165) is 9.87 Å². The number of amides is 2. The summed E-state index contributed by atoms with van der Waals surface area (Å²) in [7, 11) is -2.80. The van der Waals surface area contributed by atoms with Crippen LogP contribution in [0.15, 0.2) is 108 Å². The van der Waals surface area contributed by atoms with Gasteiger partial charge in [0.05, 0.1) is 17.7 Å². The van der Waals surface area contributed by atoms with E-state index >= 15 is 0 Å². The summed E-state index contributed by atoms with van der Waals surface area (Å²) >= 11 is 12.4. The maximum Gasteiger partial charge on any atom is 0.264 e. The minimum atomic E-state index is -4.28. The lowest BCUT2D eigenvalue weighted by atomic mass is 10.0. The average molecular weight is 683 g/mol. The van der Waals surface area contributed by atoms with Gasteiger partial charge >= 0.3 is 0 Å². The van der Waals surface area contributed by atoms with E-state index in [0.29, 0.717) is 21.4 Å². The van der Waals surface area contributed by atoms with Crippen molar-refractivity contribution in [2.45, 2.75) is 50.2 Å². The summed E-state index contributed by atoms with van der Waals surface area (Å²) in [6.45, 7) is 5.00. The number of hydrogen-bond acceptors (Lipinski definition) is 5. The molecule has 8 nitrogen and oxygen atoms in total. The van der Waals surface area contributed by atoms with E-state index in [1.807, 2.05) is 51.1 Å². The minimum absolute atomic E-state index is 0.0248. The topological polar surface area (TPSA) is 96.0 Å². The average Bonchev–Trinajstić information content (AvgIpc) is 3.02. The first-order chi connectivity index (χ1) is 21.8. The minimum Gasteiger partial charge on any atom is -0.497 e. The molecular weight excluding hydrogens is 645 g/mol. The molecule has 4 aromatic rings. The Bertz CT molecular complexity index is 1740. The van der Waals surface area contributed by atoms with Gasteiger partial charge in [0.25, 0.3) is 10.0 Å². The summed E-state index contributed by atoms with van der Waals surface area (Å²) in [6, 6.07) is 27.5. The van der Waals surface area contributed by atoms with Crippen LogP contribution in [-0.2, 0) is 32.6 Å². The van der Waals surface area contributed by atoms with E-state index in [2.05, 4.69) is 5.32 Å². The normalized spacial score (nSPS) is 12.2. The fourth-order valence-corrected chi connectivity index (χ4v) is 6.54. The first-order valence-corrected chi connectivity index (χ1v) is 16.8. The smallest absolute Gasteiger partial charge is 0.264 e. The summed E-state index contributed by atoms with van der Waals surface area (Å²) < 4.78 is 34.5. The SMILES string of the molecule is COc1ccc(S(=O)(=O)N(CC(=O)N(Cc2ccc(Cl)cc2)C(Cc2ccccc2)C(=O)NC(C)(C)C)c2cccc(Cl)c2)cc1. The van der Waals surface area contributed by atoms with Crippen LogP contribution in [-0.4, -0.2) is 50.4 Å². The summed E-state index contributed by atoms with van der Waals surface area (Å²) in [5, 5.41) is 3.83. The van der Waals surface area contributed by atoms with Crippen molar-refractivity contribution in [1.82, 2.24) is 10.2 Å². The monoisotopic (exact) mass is 681 g/mol. The number of halogens is 2. The molecule has 0 aromatic heterocycles. The zero-order valence-electron chi connectivity index (χ0n) is 26.1. The second kappa shape index (κ2) is 15.0. The van der Waals surface area contributed by atoms with Gasteiger partial charge in [-0.3, -0.25) is 13.9 Å². The zero-order chi connectivity index (χ0) is 33.5. The van der Waals surface area contributed by atoms with Crippen molar-refractivity contribution < 1.29 is 22.7 Å². The summed E-state index contributed by atoms with van der Waals surface area (Å²) in [5.74, 6) is -0.477. The van der Waals surface area contributed by atoms with Crippen molar-refractivity contribution in [1.29, 1.82) is 0 Å². The molecule has 1 atom stereocenters. The van der Waals surface area contributed by atoms with Gasteiger partial charge in [0, 0.05) is 28.5 Å². The predicted molar refractivity (Wildman–Crippen MR) is 183 cm³/mol. The van der Waals surface area contributed by atoms with Gasteiger partial charge < -0.3 is 15.0 Å². The summed E-state index contributed by atoms with van der Waals surface area (Å²) in [4.78, 5) is 29.9. The lowest BCUT2D eigenvalue weighted by Crippen LogP contribution is -2.56. The largest absolute Gasteiger partial charge is 0.497 e. The quantitative estimate of drug-likeness (QED) is 0.178. The molecule has 11 heteroatoms. The highest BCUT2D eigenvalue weighted by atomic mass is 35.5. The highest BCUT2D eigenvalue weighted by molar-refractivity contribution is 7.92. The van der Waals surface area contributed by atoms with Crippen LogP contribution in [0.2, 0.25) is 10.0 Å². The van der Waals surface area contributed by atoms with Crippen molar-refractivity contribution >= 4 is 50.7 Å². The number of anilines is 1. The number of methoxy groups -OCH3 is 1. The number of carbonyl (C=O) groups excluding carboxylic acids is 2. The molecule has 4 rings (SSSR count). The van der Waals surface area contributed by atoms with E-state index < -0.39 is 34.1 Å². The molecule has 0 heterocycles. The Kier molecular flexibility index (Phi) is 11.4. The van der Waals surface area contributed by atoms with Crippen LogP contribution in [0.1, 0.15) is 31.9 Å². The molecule has 0 saturated heterocycles. The van der Waals surface area contributed by atoms with E-state index in [4.69, 9.17) is 27.9 Å². The van der Waals surface area contributed by atoms with Gasteiger partial charge in [0.1, 0.15) is 18.3 Å². The fourth-order valence-electron chi connectivity index (χ4n) is 4.83. The molecule has 1 N–H and O–H groups in total. The van der Waals surface area contributed by atoms with Crippen LogP contribution in [0.5, 0.6) is 5.75 Å². The van der Waals surface area contributed by atoms with E-state index in [1.165, 1.54) is 42.3 Å².